The smallest absolute Gasteiger partial charge is 0.239 e. The Balaban J connectivity index is 2.19. The molecule has 4 nitrogen and oxygen atoms in total. The van der Waals surface area contributed by atoms with Crippen molar-refractivity contribution >= 4 is 39.5 Å². The molecular formula is C15H21BrN2O2S. The van der Waals surface area contributed by atoms with Crippen molar-refractivity contribution in [2.75, 3.05) is 12.3 Å². The minimum atomic E-state index is -0.279. The summed E-state index contributed by atoms with van der Waals surface area (Å²) in [5, 5.41) is 5.43. The van der Waals surface area contributed by atoms with Crippen LogP contribution in [0.4, 0.5) is 0 Å². The fourth-order valence-electron chi connectivity index (χ4n) is 1.52. The molecule has 1 aromatic rings. The Hall–Kier alpha value is -1.01. The van der Waals surface area contributed by atoms with Crippen molar-refractivity contribution in [2.24, 2.45) is 0 Å². The van der Waals surface area contributed by atoms with E-state index in [0.717, 1.165) is 9.37 Å². The molecule has 0 spiro atoms. The molecule has 116 valence electrons. The highest BCUT2D eigenvalue weighted by Crippen LogP contribution is 2.20. The first-order valence-corrected chi connectivity index (χ1v) is 8.50. The van der Waals surface area contributed by atoms with Gasteiger partial charge < -0.3 is 10.6 Å². The monoisotopic (exact) mass is 372 g/mol. The highest BCUT2D eigenvalue weighted by molar-refractivity contribution is 9.10. The van der Waals surface area contributed by atoms with Crippen LogP contribution in [0.25, 0.3) is 0 Å². The molecule has 0 radical (unpaired) electrons. The van der Waals surface area contributed by atoms with Crippen molar-refractivity contribution in [1.82, 2.24) is 10.6 Å². The van der Waals surface area contributed by atoms with E-state index in [9.17, 15) is 9.59 Å². The number of rotatable bonds is 6. The van der Waals surface area contributed by atoms with Crippen molar-refractivity contribution in [3.8, 4) is 0 Å². The van der Waals surface area contributed by atoms with E-state index in [-0.39, 0.29) is 23.9 Å². The van der Waals surface area contributed by atoms with E-state index in [1.54, 1.807) is 11.8 Å². The van der Waals surface area contributed by atoms with Crippen LogP contribution in [0.15, 0.2) is 33.6 Å². The predicted octanol–water partition coefficient (Wildman–Crippen LogP) is 2.96. The van der Waals surface area contributed by atoms with Gasteiger partial charge in [0.1, 0.15) is 0 Å². The Kier molecular flexibility index (Phi) is 7.25. The number of halogens is 1. The van der Waals surface area contributed by atoms with Gasteiger partial charge in [-0.25, -0.2) is 0 Å². The third-order valence-electron chi connectivity index (χ3n) is 2.37. The van der Waals surface area contributed by atoms with E-state index in [1.807, 2.05) is 45.0 Å². The summed E-state index contributed by atoms with van der Waals surface area (Å²) in [6.45, 7) is 5.74. The van der Waals surface area contributed by atoms with Crippen LogP contribution in [0.5, 0.6) is 0 Å². The van der Waals surface area contributed by atoms with Crippen LogP contribution in [0.3, 0.4) is 0 Å². The highest BCUT2D eigenvalue weighted by atomic mass is 79.9. The van der Waals surface area contributed by atoms with E-state index in [2.05, 4.69) is 26.6 Å². The molecule has 0 aliphatic heterocycles. The summed E-state index contributed by atoms with van der Waals surface area (Å²) in [5.41, 5.74) is -0.279. The number of hydrogen-bond donors (Lipinski definition) is 2. The second-order valence-corrected chi connectivity index (χ2v) is 7.71. The molecule has 6 heteroatoms. The SMILES string of the molecule is CC(C)(C)NC(=O)CNC(=O)CCSc1ccc(Br)cc1. The zero-order valence-corrected chi connectivity index (χ0v) is 14.9. The maximum absolute atomic E-state index is 11.6. The molecule has 0 saturated carbocycles. The molecule has 0 bridgehead atoms. The van der Waals surface area contributed by atoms with Crippen molar-refractivity contribution in [3.63, 3.8) is 0 Å². The minimum absolute atomic E-state index is 0.0268. The predicted molar refractivity (Wildman–Crippen MR) is 90.4 cm³/mol. The summed E-state index contributed by atoms with van der Waals surface area (Å²) in [6, 6.07) is 7.95. The van der Waals surface area contributed by atoms with Crippen LogP contribution in [0.1, 0.15) is 27.2 Å². The Morgan fingerprint density at radius 3 is 2.33 bits per heavy atom. The lowest BCUT2D eigenvalue weighted by Gasteiger charge is -2.20. The van der Waals surface area contributed by atoms with Gasteiger partial charge in [0, 0.05) is 27.1 Å². The third-order valence-corrected chi connectivity index (χ3v) is 3.91. The molecule has 2 amide bonds. The van der Waals surface area contributed by atoms with Crippen LogP contribution >= 0.6 is 27.7 Å². The van der Waals surface area contributed by atoms with Gasteiger partial charge in [0.05, 0.1) is 6.54 Å². The zero-order chi connectivity index (χ0) is 15.9. The van der Waals surface area contributed by atoms with Gasteiger partial charge in [-0.3, -0.25) is 9.59 Å². The second-order valence-electron chi connectivity index (χ2n) is 5.63. The van der Waals surface area contributed by atoms with Gasteiger partial charge in [-0.15, -0.1) is 11.8 Å². The van der Waals surface area contributed by atoms with Crippen LogP contribution < -0.4 is 10.6 Å². The summed E-state index contributed by atoms with van der Waals surface area (Å²) in [6.07, 6.45) is 0.392. The van der Waals surface area contributed by atoms with Crippen LogP contribution in [-0.2, 0) is 9.59 Å². The molecule has 0 unspecified atom stereocenters. The van der Waals surface area contributed by atoms with Crippen molar-refractivity contribution in [2.45, 2.75) is 37.6 Å². The molecule has 0 atom stereocenters. The second kappa shape index (κ2) is 8.44. The fourth-order valence-corrected chi connectivity index (χ4v) is 2.64. The Labute approximate surface area is 138 Å². The Morgan fingerprint density at radius 1 is 1.14 bits per heavy atom. The van der Waals surface area contributed by atoms with E-state index in [4.69, 9.17) is 0 Å². The molecule has 2 N–H and O–H groups in total. The molecule has 0 aliphatic rings. The number of amides is 2. The Bertz CT molecular complexity index is 483. The lowest BCUT2D eigenvalue weighted by molar-refractivity contribution is -0.126. The van der Waals surface area contributed by atoms with Gasteiger partial charge in [0.2, 0.25) is 11.8 Å². The topological polar surface area (TPSA) is 58.2 Å². The van der Waals surface area contributed by atoms with Gasteiger partial charge in [-0.2, -0.15) is 0 Å². The van der Waals surface area contributed by atoms with Crippen LogP contribution in [0.2, 0.25) is 0 Å². The quantitative estimate of drug-likeness (QED) is 0.754. The minimum Gasteiger partial charge on any atom is -0.350 e. The summed E-state index contributed by atoms with van der Waals surface area (Å²) in [4.78, 5) is 24.3. The highest BCUT2D eigenvalue weighted by Gasteiger charge is 2.14. The number of carbonyl (C=O) groups excluding carboxylic acids is 2. The van der Waals surface area contributed by atoms with Gasteiger partial charge in [0.15, 0.2) is 0 Å². The number of nitrogens with one attached hydrogen (secondary N) is 2. The molecule has 1 aromatic carbocycles. The molecular weight excluding hydrogens is 352 g/mol. The van der Waals surface area contributed by atoms with Crippen molar-refractivity contribution in [3.05, 3.63) is 28.7 Å². The standard InChI is InChI=1S/C15H21BrN2O2S/c1-15(2,3)18-14(20)10-17-13(19)8-9-21-12-6-4-11(16)5-7-12/h4-7H,8-10H2,1-3H3,(H,17,19)(H,18,20). The van der Waals surface area contributed by atoms with Crippen molar-refractivity contribution < 1.29 is 9.59 Å². The molecule has 1 rings (SSSR count). The molecule has 0 saturated heterocycles. The first-order chi connectivity index (χ1) is 9.76. The third kappa shape index (κ3) is 8.78. The van der Waals surface area contributed by atoms with Gasteiger partial charge in [-0.05, 0) is 45.0 Å². The van der Waals surface area contributed by atoms with Gasteiger partial charge in [0.25, 0.3) is 0 Å². The normalized spacial score (nSPS) is 11.0. The molecule has 0 heterocycles. The first kappa shape index (κ1) is 18.0. The van der Waals surface area contributed by atoms with E-state index in [1.165, 1.54) is 0 Å². The molecule has 0 aromatic heterocycles. The van der Waals surface area contributed by atoms with E-state index in [0.29, 0.717) is 12.2 Å². The van der Waals surface area contributed by atoms with E-state index < -0.39 is 0 Å². The summed E-state index contributed by atoms with van der Waals surface area (Å²) in [7, 11) is 0. The summed E-state index contributed by atoms with van der Waals surface area (Å²) in [5.74, 6) is 0.411. The molecule has 21 heavy (non-hydrogen) atoms. The molecule has 0 fully saturated rings. The van der Waals surface area contributed by atoms with E-state index >= 15 is 0 Å². The molecule has 0 aliphatic carbocycles. The number of hydrogen-bond acceptors (Lipinski definition) is 3. The zero-order valence-electron chi connectivity index (χ0n) is 12.5. The Morgan fingerprint density at radius 2 is 1.76 bits per heavy atom. The fraction of sp³-hybridized carbons (Fsp3) is 0.467. The summed E-state index contributed by atoms with van der Waals surface area (Å²) < 4.78 is 1.04. The van der Waals surface area contributed by atoms with Gasteiger partial charge in [-0.1, -0.05) is 15.9 Å². The average molecular weight is 373 g/mol. The van der Waals surface area contributed by atoms with Crippen LogP contribution in [0, 0.1) is 0 Å². The first-order valence-electron chi connectivity index (χ1n) is 6.72. The number of carbonyl (C=O) groups is 2. The lowest BCUT2D eigenvalue weighted by Crippen LogP contribution is -2.45. The lowest BCUT2D eigenvalue weighted by atomic mass is 10.1. The number of thioether (sulfide) groups is 1. The van der Waals surface area contributed by atoms with Crippen LogP contribution in [-0.4, -0.2) is 29.7 Å². The maximum atomic E-state index is 11.6. The maximum Gasteiger partial charge on any atom is 0.239 e. The van der Waals surface area contributed by atoms with Crippen molar-refractivity contribution in [1.29, 1.82) is 0 Å². The largest absolute Gasteiger partial charge is 0.350 e. The van der Waals surface area contributed by atoms with Gasteiger partial charge >= 0.3 is 0 Å². The number of benzene rings is 1. The average Bonchev–Trinajstić information content (AvgIpc) is 2.37. The summed E-state index contributed by atoms with van der Waals surface area (Å²) >= 11 is 5.00.